The SMILES string of the molecule is CN[C@@H](CC(C)C)C(=O)CCN[C@H]1Cc2c[nH]c3cccc(c23)C1=O. The van der Waals surface area contributed by atoms with Crippen molar-refractivity contribution in [2.24, 2.45) is 5.92 Å². The molecule has 5 nitrogen and oxygen atoms in total. The number of ketones is 2. The highest BCUT2D eigenvalue weighted by Crippen LogP contribution is 2.29. The van der Waals surface area contributed by atoms with Crippen molar-refractivity contribution >= 4 is 22.5 Å². The zero-order valence-electron chi connectivity index (χ0n) is 15.2. The molecule has 3 rings (SSSR count). The number of rotatable bonds is 8. The Morgan fingerprint density at radius 3 is 2.88 bits per heavy atom. The third-order valence-electron chi connectivity index (χ3n) is 5.00. The third-order valence-corrected chi connectivity index (χ3v) is 5.00. The number of hydrogen-bond acceptors (Lipinski definition) is 4. The minimum atomic E-state index is -0.250. The van der Waals surface area contributed by atoms with Crippen molar-refractivity contribution in [1.82, 2.24) is 15.6 Å². The average molecular weight is 341 g/mol. The zero-order valence-corrected chi connectivity index (χ0v) is 15.2. The highest BCUT2D eigenvalue weighted by molar-refractivity contribution is 6.13. The van der Waals surface area contributed by atoms with Gasteiger partial charge in [-0.05, 0) is 37.4 Å². The number of carbonyl (C=O) groups excluding carboxylic acids is 2. The van der Waals surface area contributed by atoms with Crippen LogP contribution in [0.5, 0.6) is 0 Å². The molecule has 0 fully saturated rings. The normalized spacial score (nSPS) is 18.1. The minimum absolute atomic E-state index is 0.103. The molecule has 1 heterocycles. The lowest BCUT2D eigenvalue weighted by molar-refractivity contribution is -0.121. The lowest BCUT2D eigenvalue weighted by Gasteiger charge is -2.23. The molecule has 2 atom stereocenters. The van der Waals surface area contributed by atoms with E-state index in [-0.39, 0.29) is 23.7 Å². The van der Waals surface area contributed by atoms with Crippen molar-refractivity contribution in [3.8, 4) is 0 Å². The van der Waals surface area contributed by atoms with Crippen LogP contribution in [0.25, 0.3) is 10.9 Å². The average Bonchev–Trinajstić information content (AvgIpc) is 3.00. The summed E-state index contributed by atoms with van der Waals surface area (Å²) in [5, 5.41) is 7.45. The summed E-state index contributed by atoms with van der Waals surface area (Å²) in [6.45, 7) is 4.76. The van der Waals surface area contributed by atoms with Gasteiger partial charge in [0.1, 0.15) is 0 Å². The van der Waals surface area contributed by atoms with E-state index in [4.69, 9.17) is 0 Å². The fourth-order valence-corrected chi connectivity index (χ4v) is 3.71. The summed E-state index contributed by atoms with van der Waals surface area (Å²) in [4.78, 5) is 28.3. The second-order valence-electron chi connectivity index (χ2n) is 7.30. The molecule has 0 radical (unpaired) electrons. The quantitative estimate of drug-likeness (QED) is 0.689. The summed E-state index contributed by atoms with van der Waals surface area (Å²) in [6.07, 6.45) is 3.93. The van der Waals surface area contributed by atoms with Gasteiger partial charge in [-0.2, -0.15) is 0 Å². The first kappa shape index (κ1) is 17.8. The van der Waals surface area contributed by atoms with Crippen LogP contribution in [0, 0.1) is 5.92 Å². The van der Waals surface area contributed by atoms with Crippen LogP contribution >= 0.6 is 0 Å². The Balaban J connectivity index is 1.60. The van der Waals surface area contributed by atoms with Crippen molar-refractivity contribution in [3.05, 3.63) is 35.5 Å². The third kappa shape index (κ3) is 3.67. The smallest absolute Gasteiger partial charge is 0.180 e. The maximum Gasteiger partial charge on any atom is 0.180 e. The van der Waals surface area contributed by atoms with Crippen LogP contribution in [0.1, 0.15) is 42.6 Å². The molecule has 0 saturated carbocycles. The number of aromatic nitrogens is 1. The first-order chi connectivity index (χ1) is 12.0. The second kappa shape index (κ2) is 7.50. The molecule has 0 spiro atoms. The van der Waals surface area contributed by atoms with Gasteiger partial charge in [0.15, 0.2) is 11.6 Å². The molecule has 134 valence electrons. The molecular formula is C20H27N3O2. The van der Waals surface area contributed by atoms with Crippen LogP contribution in [-0.4, -0.2) is 42.2 Å². The molecule has 3 N–H and O–H groups in total. The number of H-pyrrole nitrogens is 1. The Bertz CT molecular complexity index is 778. The first-order valence-corrected chi connectivity index (χ1v) is 9.07. The highest BCUT2D eigenvalue weighted by atomic mass is 16.1. The largest absolute Gasteiger partial charge is 0.361 e. The van der Waals surface area contributed by atoms with Gasteiger partial charge in [0.25, 0.3) is 0 Å². The summed E-state index contributed by atoms with van der Waals surface area (Å²) in [5.41, 5.74) is 2.96. The Hall–Kier alpha value is -1.98. The van der Waals surface area contributed by atoms with E-state index >= 15 is 0 Å². The molecular weight excluding hydrogens is 314 g/mol. The Labute approximate surface area is 148 Å². The lowest BCUT2D eigenvalue weighted by Crippen LogP contribution is -2.43. The Morgan fingerprint density at radius 1 is 1.36 bits per heavy atom. The van der Waals surface area contributed by atoms with Crippen LogP contribution in [0.15, 0.2) is 24.4 Å². The molecule has 1 aromatic carbocycles. The van der Waals surface area contributed by atoms with Gasteiger partial charge >= 0.3 is 0 Å². The van der Waals surface area contributed by atoms with E-state index in [2.05, 4.69) is 29.5 Å². The van der Waals surface area contributed by atoms with E-state index in [1.165, 1.54) is 5.56 Å². The summed E-state index contributed by atoms with van der Waals surface area (Å²) in [5.74, 6) is 0.802. The van der Waals surface area contributed by atoms with Crippen molar-refractivity contribution in [2.75, 3.05) is 13.6 Å². The predicted molar refractivity (Wildman–Crippen MR) is 100 cm³/mol. The van der Waals surface area contributed by atoms with Crippen LogP contribution in [-0.2, 0) is 11.2 Å². The molecule has 5 heteroatoms. The van der Waals surface area contributed by atoms with Gasteiger partial charge in [0, 0.05) is 35.6 Å². The number of Topliss-reactive ketones (excluding diaryl/α,β-unsaturated/α-hetero) is 2. The maximum atomic E-state index is 12.7. The molecule has 2 aromatic rings. The second-order valence-corrected chi connectivity index (χ2v) is 7.30. The topological polar surface area (TPSA) is 74.0 Å². The molecule has 1 aliphatic carbocycles. The van der Waals surface area contributed by atoms with E-state index in [1.807, 2.05) is 31.4 Å². The van der Waals surface area contributed by atoms with Crippen molar-refractivity contribution in [3.63, 3.8) is 0 Å². The molecule has 1 aromatic heterocycles. The van der Waals surface area contributed by atoms with Crippen molar-refractivity contribution in [2.45, 2.75) is 45.2 Å². The van der Waals surface area contributed by atoms with Gasteiger partial charge in [-0.1, -0.05) is 26.0 Å². The molecule has 1 aliphatic rings. The van der Waals surface area contributed by atoms with Gasteiger partial charge in [-0.25, -0.2) is 0 Å². The monoisotopic (exact) mass is 341 g/mol. The van der Waals surface area contributed by atoms with E-state index < -0.39 is 0 Å². The summed E-state index contributed by atoms with van der Waals surface area (Å²) >= 11 is 0. The fraction of sp³-hybridized carbons (Fsp3) is 0.500. The minimum Gasteiger partial charge on any atom is -0.361 e. The number of aromatic amines is 1. The summed E-state index contributed by atoms with van der Waals surface area (Å²) < 4.78 is 0. The lowest BCUT2D eigenvalue weighted by atomic mass is 9.88. The Kier molecular flexibility index (Phi) is 5.35. The fourth-order valence-electron chi connectivity index (χ4n) is 3.71. The van der Waals surface area contributed by atoms with E-state index in [0.29, 0.717) is 25.3 Å². The van der Waals surface area contributed by atoms with Crippen LogP contribution in [0.3, 0.4) is 0 Å². The highest BCUT2D eigenvalue weighted by Gasteiger charge is 2.29. The van der Waals surface area contributed by atoms with Crippen LogP contribution in [0.2, 0.25) is 0 Å². The zero-order chi connectivity index (χ0) is 18.0. The number of nitrogens with one attached hydrogen (secondary N) is 3. The van der Waals surface area contributed by atoms with Crippen molar-refractivity contribution < 1.29 is 9.59 Å². The number of benzene rings is 1. The molecule has 0 bridgehead atoms. The van der Waals surface area contributed by atoms with Gasteiger partial charge in [-0.15, -0.1) is 0 Å². The van der Waals surface area contributed by atoms with Crippen LogP contribution in [0.4, 0.5) is 0 Å². The molecule has 0 aliphatic heterocycles. The molecule has 0 amide bonds. The van der Waals surface area contributed by atoms with Gasteiger partial charge in [0.05, 0.1) is 12.1 Å². The summed E-state index contributed by atoms with van der Waals surface area (Å²) in [7, 11) is 1.83. The predicted octanol–water partition coefficient (Wildman–Crippen LogP) is 2.46. The van der Waals surface area contributed by atoms with Crippen molar-refractivity contribution in [1.29, 1.82) is 0 Å². The molecule has 25 heavy (non-hydrogen) atoms. The Morgan fingerprint density at radius 2 is 2.16 bits per heavy atom. The van der Waals surface area contributed by atoms with Gasteiger partial charge < -0.3 is 15.6 Å². The first-order valence-electron chi connectivity index (χ1n) is 9.07. The van der Waals surface area contributed by atoms with Gasteiger partial charge in [-0.3, -0.25) is 9.59 Å². The van der Waals surface area contributed by atoms with E-state index in [9.17, 15) is 9.59 Å². The van der Waals surface area contributed by atoms with Gasteiger partial charge in [0.2, 0.25) is 0 Å². The number of likely N-dealkylation sites (N-methyl/N-ethyl adjacent to an activating group) is 1. The van der Waals surface area contributed by atoms with Crippen LogP contribution < -0.4 is 10.6 Å². The molecule has 0 saturated heterocycles. The van der Waals surface area contributed by atoms with E-state index in [1.54, 1.807) is 0 Å². The summed E-state index contributed by atoms with van der Waals surface area (Å²) in [6, 6.07) is 5.44. The standard InChI is InChI=1S/C20H27N3O2/c1-12(2)9-16(21-3)18(24)7-8-22-17-10-13-11-23-15-6-4-5-14(19(13)15)20(17)25/h4-6,11-12,16-17,21-23H,7-10H2,1-3H3/t16-,17-/m0/s1. The number of carbonyl (C=O) groups is 2. The number of hydrogen-bond donors (Lipinski definition) is 3. The van der Waals surface area contributed by atoms with E-state index in [0.717, 1.165) is 22.9 Å². The molecule has 0 unspecified atom stereocenters. The maximum absolute atomic E-state index is 12.7.